The van der Waals surface area contributed by atoms with E-state index in [4.69, 9.17) is 25.8 Å². The molecular formula is C33H45ClN4O6S. The van der Waals surface area contributed by atoms with E-state index in [0.717, 1.165) is 55.7 Å². The summed E-state index contributed by atoms with van der Waals surface area (Å²) in [7, 11) is 0. The molecule has 0 aliphatic carbocycles. The number of urea groups is 1. The third kappa shape index (κ3) is 12.0. The van der Waals surface area contributed by atoms with E-state index >= 15 is 0 Å². The molecule has 12 heteroatoms. The second kappa shape index (κ2) is 19.5. The Bertz CT molecular complexity index is 1240. The number of nitrogens with one attached hydrogen (secondary N) is 4. The number of fused-ring (bicyclic) bond motifs is 1. The van der Waals surface area contributed by atoms with Crippen LogP contribution in [-0.4, -0.2) is 86.3 Å². The molecule has 0 bridgehead atoms. The molecule has 45 heavy (non-hydrogen) atoms. The monoisotopic (exact) mass is 660 g/mol. The molecule has 2 aromatic carbocycles. The third-order valence-corrected chi connectivity index (χ3v) is 9.44. The van der Waals surface area contributed by atoms with E-state index < -0.39 is 0 Å². The van der Waals surface area contributed by atoms with E-state index in [0.29, 0.717) is 62.5 Å². The van der Waals surface area contributed by atoms with Gasteiger partial charge in [0.15, 0.2) is 5.78 Å². The maximum Gasteiger partial charge on any atom is 0.315 e. The number of Topliss-reactive ketones (excluding diaryl/α,β-unsaturated/α-hetero) is 1. The number of carbonyl (C=O) groups is 3. The first kappa shape index (κ1) is 34.9. The van der Waals surface area contributed by atoms with Crippen LogP contribution in [0.3, 0.4) is 0 Å². The van der Waals surface area contributed by atoms with Crippen LogP contribution in [0.2, 0.25) is 0 Å². The Morgan fingerprint density at radius 2 is 1.73 bits per heavy atom. The summed E-state index contributed by atoms with van der Waals surface area (Å²) in [4.78, 5) is 35.6. The van der Waals surface area contributed by atoms with Crippen LogP contribution in [0.5, 0.6) is 5.75 Å². The van der Waals surface area contributed by atoms with Crippen molar-refractivity contribution >= 4 is 52.5 Å². The normalized spacial score (nSPS) is 18.6. The van der Waals surface area contributed by atoms with Gasteiger partial charge in [0.2, 0.25) is 5.91 Å². The molecule has 3 atom stereocenters. The molecule has 3 unspecified atom stereocenters. The highest BCUT2D eigenvalue weighted by molar-refractivity contribution is 8.00. The smallest absolute Gasteiger partial charge is 0.315 e. The topological polar surface area (TPSA) is 127 Å². The van der Waals surface area contributed by atoms with Gasteiger partial charge in [0.1, 0.15) is 5.75 Å². The maximum atomic E-state index is 12.1. The van der Waals surface area contributed by atoms with E-state index in [2.05, 4.69) is 21.3 Å². The number of unbranched alkanes of at least 4 members (excludes halogenated alkanes) is 3. The van der Waals surface area contributed by atoms with E-state index in [1.807, 2.05) is 54.2 Å². The Balaban J connectivity index is 0.930. The minimum atomic E-state index is -0.124. The van der Waals surface area contributed by atoms with Gasteiger partial charge >= 0.3 is 6.03 Å². The third-order valence-electron chi connectivity index (χ3n) is 7.68. The van der Waals surface area contributed by atoms with Gasteiger partial charge in [-0.3, -0.25) is 9.59 Å². The van der Waals surface area contributed by atoms with Crippen molar-refractivity contribution in [1.82, 2.24) is 16.0 Å². The molecule has 0 radical (unpaired) electrons. The van der Waals surface area contributed by atoms with Crippen molar-refractivity contribution in [3.05, 3.63) is 54.1 Å². The molecule has 2 aromatic rings. The predicted molar refractivity (Wildman–Crippen MR) is 179 cm³/mol. The Kier molecular flexibility index (Phi) is 15.1. The zero-order chi connectivity index (χ0) is 31.7. The molecule has 0 saturated carbocycles. The number of benzene rings is 2. The minimum absolute atomic E-state index is 0.0533. The number of alkyl halides is 1. The molecule has 2 saturated heterocycles. The van der Waals surface area contributed by atoms with Crippen molar-refractivity contribution in [3.63, 3.8) is 0 Å². The van der Waals surface area contributed by atoms with Gasteiger partial charge in [0.05, 0.1) is 44.4 Å². The first-order valence-corrected chi connectivity index (χ1v) is 17.4. The quantitative estimate of drug-likeness (QED) is 0.0582. The molecule has 3 amide bonds. The summed E-state index contributed by atoms with van der Waals surface area (Å²) >= 11 is 7.65. The molecule has 10 nitrogen and oxygen atoms in total. The summed E-state index contributed by atoms with van der Waals surface area (Å²) in [6, 6.07) is 15.4. The van der Waals surface area contributed by atoms with Crippen molar-refractivity contribution in [2.24, 2.45) is 0 Å². The van der Waals surface area contributed by atoms with Gasteiger partial charge in [-0.2, -0.15) is 11.8 Å². The van der Waals surface area contributed by atoms with Gasteiger partial charge in [-0.15, -0.1) is 11.6 Å². The fourth-order valence-corrected chi connectivity index (χ4v) is 7.03. The average Bonchev–Trinajstić information content (AvgIpc) is 3.60. The number of hydrogen-bond donors (Lipinski definition) is 4. The molecular weight excluding hydrogens is 616 g/mol. The number of hydrogen-bond acceptors (Lipinski definition) is 8. The Hall–Kier alpha value is -2.99. The first-order chi connectivity index (χ1) is 22.0. The lowest BCUT2D eigenvalue weighted by Gasteiger charge is -2.16. The zero-order valence-corrected chi connectivity index (χ0v) is 27.3. The van der Waals surface area contributed by atoms with E-state index in [9.17, 15) is 14.4 Å². The SMILES string of the molecule is O=C(CCCCC1SCC2NC(=O)NC21)NCCOCCOCCCCCOc1cccc(Nc2ccccc2C(=O)CCl)c1. The molecule has 4 N–H and O–H groups in total. The number of rotatable bonds is 22. The highest BCUT2D eigenvalue weighted by Gasteiger charge is 2.42. The molecule has 2 aliphatic heterocycles. The highest BCUT2D eigenvalue weighted by Crippen LogP contribution is 2.33. The Labute approximate surface area is 275 Å². The van der Waals surface area contributed by atoms with E-state index in [-0.39, 0.29) is 35.7 Å². The van der Waals surface area contributed by atoms with Crippen LogP contribution in [0.4, 0.5) is 16.2 Å². The van der Waals surface area contributed by atoms with Crippen LogP contribution in [-0.2, 0) is 14.3 Å². The molecule has 246 valence electrons. The predicted octanol–water partition coefficient (Wildman–Crippen LogP) is 5.28. The molecule has 4 rings (SSSR count). The lowest BCUT2D eigenvalue weighted by Crippen LogP contribution is -2.36. The fraction of sp³-hybridized carbons (Fsp3) is 0.545. The largest absolute Gasteiger partial charge is 0.494 e. The van der Waals surface area contributed by atoms with Gasteiger partial charge in [-0.1, -0.05) is 24.6 Å². The number of para-hydroxylation sites is 1. The number of ether oxygens (including phenoxy) is 3. The van der Waals surface area contributed by atoms with Crippen molar-refractivity contribution in [1.29, 1.82) is 0 Å². The van der Waals surface area contributed by atoms with Crippen molar-refractivity contribution in [3.8, 4) is 5.75 Å². The summed E-state index contributed by atoms with van der Waals surface area (Å²) < 4.78 is 17.1. The summed E-state index contributed by atoms with van der Waals surface area (Å²) in [6.07, 6.45) is 6.21. The maximum absolute atomic E-state index is 12.1. The number of halogens is 1. The van der Waals surface area contributed by atoms with Gasteiger partial charge in [-0.05, 0) is 56.4 Å². The van der Waals surface area contributed by atoms with Crippen LogP contribution in [0, 0.1) is 0 Å². The van der Waals surface area contributed by atoms with Crippen molar-refractivity contribution in [2.45, 2.75) is 62.3 Å². The molecule has 0 spiro atoms. The number of thioether (sulfide) groups is 1. The van der Waals surface area contributed by atoms with Gasteiger partial charge in [0, 0.05) is 53.6 Å². The van der Waals surface area contributed by atoms with Gasteiger partial charge in [-0.25, -0.2) is 4.79 Å². The molecule has 2 aliphatic rings. The Morgan fingerprint density at radius 3 is 2.60 bits per heavy atom. The van der Waals surface area contributed by atoms with Gasteiger partial charge in [0.25, 0.3) is 0 Å². The van der Waals surface area contributed by atoms with E-state index in [1.165, 1.54) is 0 Å². The summed E-state index contributed by atoms with van der Waals surface area (Å²) in [6.45, 7) is 3.27. The number of carbonyl (C=O) groups excluding carboxylic acids is 3. The second-order valence-corrected chi connectivity index (χ2v) is 12.6. The van der Waals surface area contributed by atoms with Crippen LogP contribution in [0.15, 0.2) is 48.5 Å². The Morgan fingerprint density at radius 1 is 0.911 bits per heavy atom. The van der Waals surface area contributed by atoms with Crippen LogP contribution in [0.1, 0.15) is 55.3 Å². The lowest BCUT2D eigenvalue weighted by atomic mass is 10.0. The van der Waals surface area contributed by atoms with Crippen LogP contribution in [0.25, 0.3) is 0 Å². The molecule has 0 aromatic heterocycles. The number of amides is 3. The van der Waals surface area contributed by atoms with Crippen molar-refractivity contribution < 1.29 is 28.6 Å². The first-order valence-electron chi connectivity index (χ1n) is 15.8. The fourth-order valence-electron chi connectivity index (χ4n) is 5.35. The number of ketones is 1. The second-order valence-electron chi connectivity index (χ2n) is 11.1. The van der Waals surface area contributed by atoms with Crippen LogP contribution < -0.4 is 26.0 Å². The lowest BCUT2D eigenvalue weighted by molar-refractivity contribution is -0.121. The summed E-state index contributed by atoms with van der Waals surface area (Å²) in [5, 5.41) is 12.6. The summed E-state index contributed by atoms with van der Waals surface area (Å²) in [5.74, 6) is 1.59. The minimum Gasteiger partial charge on any atom is -0.494 e. The van der Waals surface area contributed by atoms with Crippen molar-refractivity contribution in [2.75, 3.05) is 56.5 Å². The number of anilines is 2. The van der Waals surface area contributed by atoms with Crippen LogP contribution >= 0.6 is 23.4 Å². The summed E-state index contributed by atoms with van der Waals surface area (Å²) in [5.41, 5.74) is 2.11. The molecule has 2 fully saturated rings. The zero-order valence-electron chi connectivity index (χ0n) is 25.7. The standard InChI is InChI=1S/C33H45ClN4O6S/c34-22-29(39)26-11-2-3-12-27(26)36-24-9-8-10-25(21-24)44-17-7-1-6-16-42-19-20-43-18-15-35-31(40)14-5-4-13-30-32-28(23-45-30)37-33(41)38-32/h2-3,8-12,21,28,30,32,36H,1,4-7,13-20,22-23H2,(H,35,40)(H2,37,38,41). The molecule has 2 heterocycles. The van der Waals surface area contributed by atoms with Gasteiger partial charge < -0.3 is 35.5 Å². The average molecular weight is 661 g/mol. The highest BCUT2D eigenvalue weighted by atomic mass is 35.5. The van der Waals surface area contributed by atoms with E-state index in [1.54, 1.807) is 6.07 Å².